The number of nitrogens with zero attached hydrogens (tertiary/aromatic N) is 4. The van der Waals surface area contributed by atoms with Gasteiger partial charge in [-0.1, -0.05) is 12.1 Å². The number of hydrazine groups is 1. The molecule has 1 aromatic rings. The van der Waals surface area contributed by atoms with E-state index < -0.39 is 18.2 Å². The molecule has 2 saturated heterocycles. The molecule has 2 aliphatic heterocycles. The highest BCUT2D eigenvalue weighted by molar-refractivity contribution is 5.91. The third kappa shape index (κ3) is 4.16. The molecule has 2 aliphatic rings. The van der Waals surface area contributed by atoms with Crippen LogP contribution in [0.1, 0.15) is 18.4 Å². The number of amides is 3. The number of carbonyl (C=O) groups is 4. The molecule has 0 saturated carbocycles. The van der Waals surface area contributed by atoms with Crippen LogP contribution in [0.5, 0.6) is 5.75 Å². The van der Waals surface area contributed by atoms with Crippen LogP contribution in [0.2, 0.25) is 0 Å². The average molecular weight is 404 g/mol. The summed E-state index contributed by atoms with van der Waals surface area (Å²) >= 11 is 0. The quantitative estimate of drug-likeness (QED) is 0.624. The van der Waals surface area contributed by atoms with Crippen molar-refractivity contribution in [2.24, 2.45) is 0 Å². The summed E-state index contributed by atoms with van der Waals surface area (Å²) in [5, 5.41) is 12.0. The van der Waals surface area contributed by atoms with Crippen LogP contribution in [0.3, 0.4) is 0 Å². The van der Waals surface area contributed by atoms with E-state index in [1.807, 2.05) is 12.1 Å². The van der Waals surface area contributed by atoms with Crippen molar-refractivity contribution < 1.29 is 29.0 Å². The number of fused-ring (bicyclic) bond motifs is 1. The maximum absolute atomic E-state index is 13.1. The first-order valence-corrected chi connectivity index (χ1v) is 9.25. The van der Waals surface area contributed by atoms with Crippen LogP contribution in [-0.2, 0) is 25.7 Å². The van der Waals surface area contributed by atoms with Crippen molar-refractivity contribution in [2.45, 2.75) is 31.6 Å². The Morgan fingerprint density at radius 2 is 1.97 bits per heavy atom. The highest BCUT2D eigenvalue weighted by Gasteiger charge is 2.48. The highest BCUT2D eigenvalue weighted by Crippen LogP contribution is 2.28. The summed E-state index contributed by atoms with van der Waals surface area (Å²) in [5.74, 6) is -0.975. The molecule has 2 fully saturated rings. The van der Waals surface area contributed by atoms with Crippen molar-refractivity contribution in [3.05, 3.63) is 29.8 Å². The zero-order valence-electron chi connectivity index (χ0n) is 16.4. The molecule has 3 amide bonds. The second-order valence-electron chi connectivity index (χ2n) is 7.10. The van der Waals surface area contributed by atoms with E-state index >= 15 is 0 Å². The zero-order chi connectivity index (χ0) is 21.1. The maximum Gasteiger partial charge on any atom is 0.303 e. The molecule has 1 aromatic carbocycles. The molecule has 10 heteroatoms. The minimum Gasteiger partial charge on any atom is -0.497 e. The number of methoxy groups -OCH3 is 1. The molecule has 0 bridgehead atoms. The molecule has 1 unspecified atom stereocenters. The van der Waals surface area contributed by atoms with Gasteiger partial charge in [0.2, 0.25) is 18.2 Å². The number of carboxylic acids is 1. The molecular weight excluding hydrogens is 380 g/mol. The standard InChI is InChI=1S/C19H24N4O6/c1-20-11-17(25)23-15(7-8-18(26)27)19(28)21(10-16(23)22(20)12-24)9-13-3-5-14(29-2)6-4-13/h3-6,12,15-16H,7-11H2,1-2H3,(H,26,27)/t15?,16-/m1/s1. The molecule has 10 nitrogen and oxygen atoms in total. The molecule has 2 atom stereocenters. The van der Waals surface area contributed by atoms with Crippen LogP contribution in [0.4, 0.5) is 0 Å². The highest BCUT2D eigenvalue weighted by atomic mass is 16.5. The van der Waals surface area contributed by atoms with Crippen molar-refractivity contribution in [3.63, 3.8) is 0 Å². The van der Waals surface area contributed by atoms with Gasteiger partial charge in [0.15, 0.2) is 0 Å². The molecular formula is C19H24N4O6. The molecule has 0 spiro atoms. The second kappa shape index (κ2) is 8.48. The Morgan fingerprint density at radius 3 is 2.55 bits per heavy atom. The summed E-state index contributed by atoms with van der Waals surface area (Å²) in [4.78, 5) is 51.5. The number of rotatable bonds is 7. The van der Waals surface area contributed by atoms with E-state index in [1.54, 1.807) is 31.2 Å². The third-order valence-electron chi connectivity index (χ3n) is 5.26. The van der Waals surface area contributed by atoms with E-state index in [0.29, 0.717) is 12.2 Å². The van der Waals surface area contributed by atoms with E-state index in [-0.39, 0.29) is 44.3 Å². The third-order valence-corrected chi connectivity index (χ3v) is 5.26. The number of likely N-dealkylation sites (N-methyl/N-ethyl adjacent to an activating group) is 1. The lowest BCUT2D eigenvalue weighted by Crippen LogP contribution is -2.73. The summed E-state index contributed by atoms with van der Waals surface area (Å²) in [6.45, 7) is 0.370. The van der Waals surface area contributed by atoms with Gasteiger partial charge >= 0.3 is 5.97 Å². The Kier molecular flexibility index (Phi) is 6.02. The minimum atomic E-state index is -1.05. The smallest absolute Gasteiger partial charge is 0.303 e. The number of ether oxygens (including phenoxy) is 1. The molecule has 3 rings (SSSR count). The van der Waals surface area contributed by atoms with Gasteiger partial charge in [0.25, 0.3) is 0 Å². The van der Waals surface area contributed by atoms with Crippen LogP contribution in [0.15, 0.2) is 24.3 Å². The van der Waals surface area contributed by atoms with Gasteiger partial charge in [0, 0.05) is 20.0 Å². The number of piperazine rings is 1. The number of benzene rings is 1. The Balaban J connectivity index is 1.89. The van der Waals surface area contributed by atoms with E-state index in [0.717, 1.165) is 5.56 Å². The number of carbonyl (C=O) groups excluding carboxylic acids is 3. The van der Waals surface area contributed by atoms with Gasteiger partial charge in [-0.3, -0.25) is 24.2 Å². The van der Waals surface area contributed by atoms with Gasteiger partial charge < -0.3 is 19.6 Å². The zero-order valence-corrected chi connectivity index (χ0v) is 16.4. The van der Waals surface area contributed by atoms with Crippen LogP contribution in [-0.4, -0.2) is 88.6 Å². The predicted octanol–water partition coefficient (Wildman–Crippen LogP) is -0.256. The summed E-state index contributed by atoms with van der Waals surface area (Å²) in [6.07, 6.45) is -0.306. The summed E-state index contributed by atoms with van der Waals surface area (Å²) in [7, 11) is 3.19. The Labute approximate surface area is 168 Å². The topological polar surface area (TPSA) is 111 Å². The van der Waals surface area contributed by atoms with Crippen LogP contribution in [0, 0.1) is 0 Å². The molecule has 2 heterocycles. The molecule has 1 N–H and O–H groups in total. The largest absolute Gasteiger partial charge is 0.497 e. The maximum atomic E-state index is 13.1. The number of hydrogen-bond donors (Lipinski definition) is 1. The fourth-order valence-electron chi connectivity index (χ4n) is 3.82. The summed E-state index contributed by atoms with van der Waals surface area (Å²) in [6, 6.07) is 6.31. The van der Waals surface area contributed by atoms with Gasteiger partial charge in [-0.05, 0) is 24.1 Å². The first kappa shape index (κ1) is 20.6. The van der Waals surface area contributed by atoms with Gasteiger partial charge in [0.1, 0.15) is 18.0 Å². The lowest BCUT2D eigenvalue weighted by molar-refractivity contribution is -0.197. The van der Waals surface area contributed by atoms with Crippen LogP contribution < -0.4 is 4.74 Å². The average Bonchev–Trinajstić information content (AvgIpc) is 2.69. The van der Waals surface area contributed by atoms with Gasteiger partial charge in [0.05, 0.1) is 20.2 Å². The first-order chi connectivity index (χ1) is 13.8. The van der Waals surface area contributed by atoms with Crippen molar-refractivity contribution in [2.75, 3.05) is 27.2 Å². The first-order valence-electron chi connectivity index (χ1n) is 9.25. The minimum absolute atomic E-state index is 0.00801. The van der Waals surface area contributed by atoms with E-state index in [4.69, 9.17) is 9.84 Å². The second-order valence-corrected chi connectivity index (χ2v) is 7.10. The molecule has 0 aliphatic carbocycles. The molecule has 156 valence electrons. The van der Waals surface area contributed by atoms with Crippen LogP contribution >= 0.6 is 0 Å². The Hall–Kier alpha value is -3.14. The fourth-order valence-corrected chi connectivity index (χ4v) is 3.82. The van der Waals surface area contributed by atoms with E-state index in [1.165, 1.54) is 14.9 Å². The van der Waals surface area contributed by atoms with Crippen LogP contribution in [0.25, 0.3) is 0 Å². The normalized spacial score (nSPS) is 22.5. The fraction of sp³-hybridized carbons (Fsp3) is 0.474. The van der Waals surface area contributed by atoms with Gasteiger partial charge in [-0.15, -0.1) is 0 Å². The monoisotopic (exact) mass is 404 g/mol. The van der Waals surface area contributed by atoms with Gasteiger partial charge in [-0.2, -0.15) is 0 Å². The number of carboxylic acid groups (broad SMARTS) is 1. The van der Waals surface area contributed by atoms with Crippen molar-refractivity contribution in [1.82, 2.24) is 19.8 Å². The predicted molar refractivity (Wildman–Crippen MR) is 100 cm³/mol. The Bertz CT molecular complexity index is 798. The number of aliphatic carboxylic acids is 1. The van der Waals surface area contributed by atoms with E-state index in [2.05, 4.69) is 0 Å². The lowest BCUT2D eigenvalue weighted by atomic mass is 10.0. The summed E-state index contributed by atoms with van der Waals surface area (Å²) in [5.41, 5.74) is 0.859. The molecule has 29 heavy (non-hydrogen) atoms. The van der Waals surface area contributed by atoms with E-state index in [9.17, 15) is 19.2 Å². The molecule has 0 radical (unpaired) electrons. The van der Waals surface area contributed by atoms with Crippen molar-refractivity contribution in [1.29, 1.82) is 0 Å². The SMILES string of the molecule is COc1ccc(CN2C[C@H]3N(C(=O)CN(C)N3C=O)C(CCC(=O)O)C2=O)cc1. The molecule has 0 aromatic heterocycles. The Morgan fingerprint density at radius 1 is 1.28 bits per heavy atom. The van der Waals surface area contributed by atoms with Gasteiger partial charge in [-0.25, -0.2) is 5.01 Å². The van der Waals surface area contributed by atoms with Crippen molar-refractivity contribution in [3.8, 4) is 5.75 Å². The number of hydrogen-bond acceptors (Lipinski definition) is 6. The summed E-state index contributed by atoms with van der Waals surface area (Å²) < 4.78 is 5.14. The lowest BCUT2D eigenvalue weighted by Gasteiger charge is -2.53. The van der Waals surface area contributed by atoms with Crippen molar-refractivity contribution >= 4 is 24.2 Å².